The van der Waals surface area contributed by atoms with E-state index in [9.17, 15) is 4.39 Å². The number of nitrogens with two attached hydrogens (primary N) is 1. The van der Waals surface area contributed by atoms with Crippen LogP contribution in [0.3, 0.4) is 0 Å². The molecule has 2 N–H and O–H groups in total. The van der Waals surface area contributed by atoms with Gasteiger partial charge in [0.25, 0.3) is 0 Å². The average Bonchev–Trinajstić information content (AvgIpc) is 2.48. The summed E-state index contributed by atoms with van der Waals surface area (Å²) in [4.78, 5) is 6.47. The number of pyridine rings is 1. The Kier molecular flexibility index (Phi) is 5.42. The van der Waals surface area contributed by atoms with E-state index in [2.05, 4.69) is 9.88 Å². The highest BCUT2D eigenvalue weighted by Gasteiger charge is 2.19. The lowest BCUT2D eigenvalue weighted by Crippen LogP contribution is -2.31. The number of halogens is 1. The van der Waals surface area contributed by atoms with Crippen LogP contribution in [0.25, 0.3) is 0 Å². The van der Waals surface area contributed by atoms with Gasteiger partial charge in [-0.15, -0.1) is 0 Å². The largest absolute Gasteiger partial charge is 0.324 e. The minimum absolute atomic E-state index is 0.149. The van der Waals surface area contributed by atoms with E-state index < -0.39 is 0 Å². The van der Waals surface area contributed by atoms with E-state index in [0.29, 0.717) is 5.56 Å². The molecule has 0 bridgehead atoms. The fourth-order valence-electron chi connectivity index (χ4n) is 2.49. The Balaban J connectivity index is 1.94. The standard InChI is InChI=1S/C17H22FN3/c1-13(17(19)15-8-3-4-9-16(15)18)11-21(2)12-14-7-5-6-10-20-14/h3-10,13,17H,11-12,19H2,1-2H3. The Morgan fingerprint density at radius 3 is 2.57 bits per heavy atom. The molecule has 0 aliphatic rings. The van der Waals surface area contributed by atoms with Gasteiger partial charge in [0.1, 0.15) is 5.82 Å². The molecule has 2 atom stereocenters. The summed E-state index contributed by atoms with van der Waals surface area (Å²) in [5, 5.41) is 0. The van der Waals surface area contributed by atoms with E-state index in [4.69, 9.17) is 5.73 Å². The molecule has 1 heterocycles. The van der Waals surface area contributed by atoms with Crippen molar-refractivity contribution in [2.75, 3.05) is 13.6 Å². The van der Waals surface area contributed by atoms with Gasteiger partial charge in [0.05, 0.1) is 5.69 Å². The van der Waals surface area contributed by atoms with E-state index in [1.165, 1.54) is 6.07 Å². The van der Waals surface area contributed by atoms with Crippen molar-refractivity contribution in [2.24, 2.45) is 11.7 Å². The highest BCUT2D eigenvalue weighted by molar-refractivity contribution is 5.21. The zero-order chi connectivity index (χ0) is 15.2. The predicted octanol–water partition coefficient (Wildman–Crippen LogP) is 2.99. The zero-order valence-corrected chi connectivity index (χ0v) is 12.5. The van der Waals surface area contributed by atoms with Gasteiger partial charge in [0, 0.05) is 30.9 Å². The van der Waals surface area contributed by atoms with Crippen molar-refractivity contribution in [2.45, 2.75) is 19.5 Å². The summed E-state index contributed by atoms with van der Waals surface area (Å²) < 4.78 is 13.8. The molecule has 2 rings (SSSR count). The molecular formula is C17H22FN3. The molecule has 0 spiro atoms. The highest BCUT2D eigenvalue weighted by atomic mass is 19.1. The molecule has 0 fully saturated rings. The normalized spacial score (nSPS) is 14.1. The lowest BCUT2D eigenvalue weighted by Gasteiger charge is -2.26. The Hall–Kier alpha value is -1.78. The topological polar surface area (TPSA) is 42.2 Å². The van der Waals surface area contributed by atoms with Crippen LogP contribution in [-0.2, 0) is 6.54 Å². The van der Waals surface area contributed by atoms with Gasteiger partial charge in [-0.3, -0.25) is 4.98 Å². The predicted molar refractivity (Wildman–Crippen MR) is 83.1 cm³/mol. The van der Waals surface area contributed by atoms with Crippen LogP contribution in [-0.4, -0.2) is 23.5 Å². The maximum atomic E-state index is 13.8. The lowest BCUT2D eigenvalue weighted by atomic mass is 9.94. The van der Waals surface area contributed by atoms with E-state index in [1.807, 2.05) is 38.2 Å². The van der Waals surface area contributed by atoms with Crippen LogP contribution in [0.2, 0.25) is 0 Å². The minimum atomic E-state index is -0.308. The van der Waals surface area contributed by atoms with Crippen LogP contribution < -0.4 is 5.73 Å². The number of aromatic nitrogens is 1. The third-order valence-electron chi connectivity index (χ3n) is 3.64. The van der Waals surface area contributed by atoms with Crippen LogP contribution in [0.5, 0.6) is 0 Å². The van der Waals surface area contributed by atoms with Crippen LogP contribution in [0.15, 0.2) is 48.7 Å². The van der Waals surface area contributed by atoms with Gasteiger partial charge in [-0.25, -0.2) is 4.39 Å². The van der Waals surface area contributed by atoms with Gasteiger partial charge in [-0.1, -0.05) is 31.2 Å². The molecule has 0 amide bonds. The molecule has 3 nitrogen and oxygen atoms in total. The molecular weight excluding hydrogens is 265 g/mol. The summed E-state index contributed by atoms with van der Waals surface area (Å²) in [6, 6.07) is 12.3. The van der Waals surface area contributed by atoms with Gasteiger partial charge >= 0.3 is 0 Å². The number of benzene rings is 1. The zero-order valence-electron chi connectivity index (χ0n) is 12.5. The molecule has 0 aliphatic carbocycles. The fourth-order valence-corrected chi connectivity index (χ4v) is 2.49. The molecule has 2 aromatic rings. The summed E-state index contributed by atoms with van der Waals surface area (Å²) in [5.74, 6) is -0.0835. The van der Waals surface area contributed by atoms with Gasteiger partial charge in [-0.2, -0.15) is 0 Å². The molecule has 2 unspecified atom stereocenters. The second-order valence-electron chi connectivity index (χ2n) is 5.54. The Labute approximate surface area is 125 Å². The summed E-state index contributed by atoms with van der Waals surface area (Å²) in [7, 11) is 2.03. The average molecular weight is 287 g/mol. The monoisotopic (exact) mass is 287 g/mol. The third-order valence-corrected chi connectivity index (χ3v) is 3.64. The van der Waals surface area contributed by atoms with Gasteiger partial charge in [0.2, 0.25) is 0 Å². The molecule has 112 valence electrons. The van der Waals surface area contributed by atoms with Crippen LogP contribution in [0, 0.1) is 11.7 Å². The molecule has 1 aromatic heterocycles. The summed E-state index contributed by atoms with van der Waals surface area (Å²) in [5.41, 5.74) is 7.80. The Morgan fingerprint density at radius 2 is 1.90 bits per heavy atom. The van der Waals surface area contributed by atoms with Crippen molar-refractivity contribution in [3.8, 4) is 0 Å². The van der Waals surface area contributed by atoms with Crippen molar-refractivity contribution in [3.05, 3.63) is 65.7 Å². The van der Waals surface area contributed by atoms with Crippen molar-refractivity contribution in [1.82, 2.24) is 9.88 Å². The van der Waals surface area contributed by atoms with Crippen LogP contribution in [0.4, 0.5) is 4.39 Å². The number of rotatable bonds is 6. The maximum Gasteiger partial charge on any atom is 0.127 e. The molecule has 0 saturated carbocycles. The molecule has 0 saturated heterocycles. The third kappa shape index (κ3) is 4.34. The summed E-state index contributed by atoms with van der Waals surface area (Å²) >= 11 is 0. The first-order valence-corrected chi connectivity index (χ1v) is 7.16. The van der Waals surface area contributed by atoms with Crippen molar-refractivity contribution in [3.63, 3.8) is 0 Å². The number of hydrogen-bond donors (Lipinski definition) is 1. The Bertz CT molecular complexity index is 559. The van der Waals surface area contributed by atoms with Gasteiger partial charge in [0.15, 0.2) is 0 Å². The van der Waals surface area contributed by atoms with E-state index >= 15 is 0 Å². The fraction of sp³-hybridized carbons (Fsp3) is 0.353. The first kappa shape index (κ1) is 15.6. The number of nitrogens with zero attached hydrogens (tertiary/aromatic N) is 2. The second-order valence-corrected chi connectivity index (χ2v) is 5.54. The number of hydrogen-bond acceptors (Lipinski definition) is 3. The minimum Gasteiger partial charge on any atom is -0.324 e. The first-order valence-electron chi connectivity index (χ1n) is 7.16. The second kappa shape index (κ2) is 7.29. The molecule has 21 heavy (non-hydrogen) atoms. The van der Waals surface area contributed by atoms with Crippen LogP contribution >= 0.6 is 0 Å². The van der Waals surface area contributed by atoms with Crippen molar-refractivity contribution in [1.29, 1.82) is 0 Å². The van der Waals surface area contributed by atoms with E-state index in [1.54, 1.807) is 18.3 Å². The molecule has 0 radical (unpaired) electrons. The lowest BCUT2D eigenvalue weighted by molar-refractivity contribution is 0.254. The first-order chi connectivity index (χ1) is 10.1. The Morgan fingerprint density at radius 1 is 1.19 bits per heavy atom. The van der Waals surface area contributed by atoms with E-state index in [0.717, 1.165) is 18.8 Å². The molecule has 4 heteroatoms. The summed E-state index contributed by atoms with van der Waals surface area (Å²) in [6.45, 7) is 3.59. The van der Waals surface area contributed by atoms with E-state index in [-0.39, 0.29) is 17.8 Å². The SMILES string of the molecule is CC(CN(C)Cc1ccccn1)C(N)c1ccccc1F. The summed E-state index contributed by atoms with van der Waals surface area (Å²) in [6.07, 6.45) is 1.79. The molecule has 0 aliphatic heterocycles. The molecule has 1 aromatic carbocycles. The van der Waals surface area contributed by atoms with Crippen LogP contribution in [0.1, 0.15) is 24.2 Å². The highest BCUT2D eigenvalue weighted by Crippen LogP contribution is 2.22. The van der Waals surface area contributed by atoms with Gasteiger partial charge < -0.3 is 10.6 Å². The van der Waals surface area contributed by atoms with Crippen molar-refractivity contribution >= 4 is 0 Å². The quantitative estimate of drug-likeness (QED) is 0.888. The van der Waals surface area contributed by atoms with Gasteiger partial charge in [-0.05, 0) is 31.2 Å². The maximum absolute atomic E-state index is 13.8. The van der Waals surface area contributed by atoms with Crippen molar-refractivity contribution < 1.29 is 4.39 Å². The smallest absolute Gasteiger partial charge is 0.127 e.